The minimum absolute atomic E-state index is 0.0584. The molecule has 0 saturated carbocycles. The maximum absolute atomic E-state index is 12.3. The fourth-order valence-corrected chi connectivity index (χ4v) is 2.41. The summed E-state index contributed by atoms with van der Waals surface area (Å²) in [6.07, 6.45) is 1.59. The molecule has 0 atom stereocenters. The number of nitrogens with zero attached hydrogens (tertiary/aromatic N) is 3. The minimum Gasteiger partial charge on any atom is -0.490 e. The third-order valence-corrected chi connectivity index (χ3v) is 3.48. The van der Waals surface area contributed by atoms with Crippen LogP contribution < -0.4 is 19.7 Å². The summed E-state index contributed by atoms with van der Waals surface area (Å²) in [7, 11) is 1.71. The SMILES string of the molecule is CCOc1ccc(NC(=O)CN(C)c2ncccc2C#N)cc1OCC. The second-order valence-electron chi connectivity index (χ2n) is 5.42. The van der Waals surface area contributed by atoms with Crippen molar-refractivity contribution in [1.82, 2.24) is 4.98 Å². The van der Waals surface area contributed by atoms with Gasteiger partial charge in [0.1, 0.15) is 11.9 Å². The molecule has 0 fully saturated rings. The number of carbonyl (C=O) groups is 1. The lowest BCUT2D eigenvalue weighted by atomic mass is 10.2. The smallest absolute Gasteiger partial charge is 0.243 e. The van der Waals surface area contributed by atoms with Gasteiger partial charge in [-0.05, 0) is 38.1 Å². The van der Waals surface area contributed by atoms with Crippen molar-refractivity contribution < 1.29 is 14.3 Å². The van der Waals surface area contributed by atoms with Crippen molar-refractivity contribution in [3.63, 3.8) is 0 Å². The van der Waals surface area contributed by atoms with Crippen LogP contribution in [0.1, 0.15) is 19.4 Å². The van der Waals surface area contributed by atoms with Gasteiger partial charge >= 0.3 is 0 Å². The summed E-state index contributed by atoms with van der Waals surface area (Å²) in [5.74, 6) is 1.45. The number of carbonyl (C=O) groups excluding carboxylic acids is 1. The zero-order chi connectivity index (χ0) is 18.9. The molecule has 1 amide bonds. The zero-order valence-electron chi connectivity index (χ0n) is 15.2. The average Bonchev–Trinajstić information content (AvgIpc) is 2.64. The van der Waals surface area contributed by atoms with E-state index in [1.165, 1.54) is 0 Å². The maximum Gasteiger partial charge on any atom is 0.243 e. The predicted molar refractivity (Wildman–Crippen MR) is 99.6 cm³/mol. The molecule has 1 aromatic heterocycles. The van der Waals surface area contributed by atoms with Crippen molar-refractivity contribution >= 4 is 17.4 Å². The van der Waals surface area contributed by atoms with Crippen molar-refractivity contribution in [3.05, 3.63) is 42.1 Å². The Bertz CT molecular complexity index is 802. The molecule has 0 saturated heterocycles. The van der Waals surface area contributed by atoms with Gasteiger partial charge in [0.25, 0.3) is 0 Å². The molecule has 1 heterocycles. The summed E-state index contributed by atoms with van der Waals surface area (Å²) in [4.78, 5) is 18.1. The fourth-order valence-electron chi connectivity index (χ4n) is 2.41. The van der Waals surface area contributed by atoms with Gasteiger partial charge in [0.05, 0.1) is 25.3 Å². The van der Waals surface area contributed by atoms with Crippen molar-refractivity contribution in [2.24, 2.45) is 0 Å². The Balaban J connectivity index is 2.07. The van der Waals surface area contributed by atoms with E-state index in [0.29, 0.717) is 41.8 Å². The number of hydrogen-bond acceptors (Lipinski definition) is 6. The van der Waals surface area contributed by atoms with Crippen LogP contribution in [-0.2, 0) is 4.79 Å². The molecule has 0 aliphatic rings. The van der Waals surface area contributed by atoms with E-state index < -0.39 is 0 Å². The van der Waals surface area contributed by atoms with Crippen LogP contribution in [-0.4, -0.2) is 37.7 Å². The Labute approximate surface area is 153 Å². The highest BCUT2D eigenvalue weighted by Crippen LogP contribution is 2.30. The molecule has 2 rings (SSSR count). The predicted octanol–water partition coefficient (Wildman–Crippen LogP) is 2.83. The Hall–Kier alpha value is -3.27. The molecular formula is C19H22N4O3. The fraction of sp³-hybridized carbons (Fsp3) is 0.316. The third-order valence-electron chi connectivity index (χ3n) is 3.48. The Morgan fingerprint density at radius 3 is 2.65 bits per heavy atom. The molecule has 0 aliphatic heterocycles. The molecule has 1 N–H and O–H groups in total. The van der Waals surface area contributed by atoms with Gasteiger partial charge in [0.2, 0.25) is 5.91 Å². The molecule has 1 aromatic carbocycles. The lowest BCUT2D eigenvalue weighted by Crippen LogP contribution is -2.31. The van der Waals surface area contributed by atoms with E-state index in [4.69, 9.17) is 14.7 Å². The lowest BCUT2D eigenvalue weighted by molar-refractivity contribution is -0.114. The standard InChI is InChI=1S/C19H22N4O3/c1-4-25-16-9-8-15(11-17(16)26-5-2)22-18(24)13-23(3)19-14(12-20)7-6-10-21-19/h6-11H,4-5,13H2,1-3H3,(H,22,24). The van der Waals surface area contributed by atoms with Gasteiger partial charge in [0, 0.05) is 25.0 Å². The van der Waals surface area contributed by atoms with Gasteiger partial charge in [-0.2, -0.15) is 5.26 Å². The second-order valence-corrected chi connectivity index (χ2v) is 5.42. The largest absolute Gasteiger partial charge is 0.490 e. The second kappa shape index (κ2) is 9.28. The van der Waals surface area contributed by atoms with Crippen LogP contribution in [0.2, 0.25) is 0 Å². The molecule has 0 spiro atoms. The Morgan fingerprint density at radius 1 is 1.23 bits per heavy atom. The van der Waals surface area contributed by atoms with E-state index in [9.17, 15) is 4.79 Å². The molecule has 7 heteroatoms. The monoisotopic (exact) mass is 354 g/mol. The summed E-state index contributed by atoms with van der Waals surface area (Å²) in [5, 5.41) is 12.0. The number of ether oxygens (including phenoxy) is 2. The maximum atomic E-state index is 12.3. The molecule has 2 aromatic rings. The number of anilines is 2. The number of likely N-dealkylation sites (N-methyl/N-ethyl adjacent to an activating group) is 1. The summed E-state index contributed by atoms with van der Waals surface area (Å²) in [6.45, 7) is 4.87. The average molecular weight is 354 g/mol. The molecule has 7 nitrogen and oxygen atoms in total. The molecule has 0 aliphatic carbocycles. The van der Waals surface area contributed by atoms with E-state index in [-0.39, 0.29) is 12.5 Å². The molecule has 0 radical (unpaired) electrons. The van der Waals surface area contributed by atoms with Crippen LogP contribution in [0.3, 0.4) is 0 Å². The van der Waals surface area contributed by atoms with E-state index in [1.807, 2.05) is 13.8 Å². The van der Waals surface area contributed by atoms with Crippen LogP contribution in [0.4, 0.5) is 11.5 Å². The van der Waals surface area contributed by atoms with E-state index >= 15 is 0 Å². The topological polar surface area (TPSA) is 87.5 Å². The van der Waals surface area contributed by atoms with Crippen molar-refractivity contribution in [2.75, 3.05) is 37.0 Å². The van der Waals surface area contributed by atoms with Gasteiger partial charge in [0.15, 0.2) is 11.5 Å². The summed E-state index contributed by atoms with van der Waals surface area (Å²) in [6, 6.07) is 10.7. The summed E-state index contributed by atoms with van der Waals surface area (Å²) < 4.78 is 11.1. The van der Waals surface area contributed by atoms with Gasteiger partial charge in [-0.3, -0.25) is 4.79 Å². The number of benzene rings is 1. The number of hydrogen-bond donors (Lipinski definition) is 1. The van der Waals surface area contributed by atoms with Crippen LogP contribution in [0, 0.1) is 11.3 Å². The lowest BCUT2D eigenvalue weighted by Gasteiger charge is -2.19. The van der Waals surface area contributed by atoms with Crippen molar-refractivity contribution in [1.29, 1.82) is 5.26 Å². The molecule has 0 bridgehead atoms. The Morgan fingerprint density at radius 2 is 1.96 bits per heavy atom. The first kappa shape index (κ1) is 19.1. The molecule has 26 heavy (non-hydrogen) atoms. The minimum atomic E-state index is -0.228. The summed E-state index contributed by atoms with van der Waals surface area (Å²) >= 11 is 0. The van der Waals surface area contributed by atoms with Crippen LogP contribution in [0.5, 0.6) is 11.5 Å². The van der Waals surface area contributed by atoms with Crippen LogP contribution in [0.15, 0.2) is 36.5 Å². The third kappa shape index (κ3) is 4.86. The number of rotatable bonds is 8. The van der Waals surface area contributed by atoms with E-state index in [0.717, 1.165) is 0 Å². The highest BCUT2D eigenvalue weighted by Gasteiger charge is 2.13. The van der Waals surface area contributed by atoms with Gasteiger partial charge in [-0.15, -0.1) is 0 Å². The van der Waals surface area contributed by atoms with Gasteiger partial charge in [-0.1, -0.05) is 0 Å². The number of amides is 1. The van der Waals surface area contributed by atoms with Crippen LogP contribution in [0.25, 0.3) is 0 Å². The number of aromatic nitrogens is 1. The van der Waals surface area contributed by atoms with Gasteiger partial charge in [-0.25, -0.2) is 4.98 Å². The first-order valence-electron chi connectivity index (χ1n) is 8.34. The van der Waals surface area contributed by atoms with Crippen molar-refractivity contribution in [2.45, 2.75) is 13.8 Å². The molecule has 0 unspecified atom stereocenters. The van der Waals surface area contributed by atoms with Gasteiger partial charge < -0.3 is 19.7 Å². The number of nitrogens with one attached hydrogen (secondary N) is 1. The Kier molecular flexibility index (Phi) is 6.80. The normalized spacial score (nSPS) is 9.92. The quantitative estimate of drug-likeness (QED) is 0.784. The zero-order valence-corrected chi connectivity index (χ0v) is 15.2. The number of pyridine rings is 1. The number of nitriles is 1. The van der Waals surface area contributed by atoms with Crippen molar-refractivity contribution in [3.8, 4) is 17.6 Å². The molecular weight excluding hydrogens is 332 g/mol. The van der Waals surface area contributed by atoms with E-state index in [2.05, 4.69) is 16.4 Å². The van der Waals surface area contributed by atoms with E-state index in [1.54, 1.807) is 48.5 Å². The summed E-state index contributed by atoms with van der Waals surface area (Å²) in [5.41, 5.74) is 1.03. The highest BCUT2D eigenvalue weighted by atomic mass is 16.5. The first-order chi connectivity index (χ1) is 12.6. The first-order valence-corrected chi connectivity index (χ1v) is 8.34. The highest BCUT2D eigenvalue weighted by molar-refractivity contribution is 5.94. The molecule has 136 valence electrons. The van der Waals surface area contributed by atoms with Crippen LogP contribution >= 0.6 is 0 Å².